The number of sulfonamides is 1. The summed E-state index contributed by atoms with van der Waals surface area (Å²) in [5.41, 5.74) is 0. The van der Waals surface area contributed by atoms with Crippen molar-refractivity contribution in [3.8, 4) is 0 Å². The van der Waals surface area contributed by atoms with Crippen LogP contribution in [0.3, 0.4) is 0 Å². The molecule has 36 heavy (non-hydrogen) atoms. The molecule has 0 fully saturated rings. The van der Waals surface area contributed by atoms with E-state index in [0.717, 1.165) is 23.2 Å². The van der Waals surface area contributed by atoms with Gasteiger partial charge in [0.1, 0.15) is 0 Å². The molecule has 0 aromatic heterocycles. The van der Waals surface area contributed by atoms with Gasteiger partial charge < -0.3 is 14.5 Å². The Balaban J connectivity index is 3.89. The molecule has 0 saturated carbocycles. The van der Waals surface area contributed by atoms with Gasteiger partial charge in [-0.25, -0.2) is 17.9 Å². The van der Waals surface area contributed by atoms with Crippen LogP contribution in [0, 0.1) is 0 Å². The number of hydrogen-bond acceptors (Lipinski definition) is 5. The van der Waals surface area contributed by atoms with Gasteiger partial charge in [0.15, 0.2) is 0 Å². The molecule has 2 N–H and O–H groups in total. The summed E-state index contributed by atoms with van der Waals surface area (Å²) in [4.78, 5) is 11.7. The molecule has 9 heteroatoms. The third kappa shape index (κ3) is 25.2. The minimum atomic E-state index is -3.36. The predicted molar refractivity (Wildman–Crippen MR) is 156 cm³/mol. The highest BCUT2D eigenvalue weighted by Gasteiger charge is 2.18. The minimum absolute atomic E-state index is 0.0969. The topological polar surface area (TPSA) is 84.5 Å². The van der Waals surface area contributed by atoms with E-state index < -0.39 is 16.1 Å². The summed E-state index contributed by atoms with van der Waals surface area (Å²) in [5.74, 6) is 1.78. The lowest BCUT2D eigenvalue weighted by Crippen LogP contribution is -2.46. The molecule has 0 rings (SSSR count). The van der Waals surface area contributed by atoms with Gasteiger partial charge in [-0.3, -0.25) is 0 Å². The highest BCUT2D eigenvalue weighted by Crippen LogP contribution is 2.14. The zero-order chi connectivity index (χ0) is 27.1. The molecule has 0 aliphatic rings. The van der Waals surface area contributed by atoms with Crippen molar-refractivity contribution in [3.63, 3.8) is 0 Å². The number of quaternary nitrogens is 1. The first-order valence-electron chi connectivity index (χ1n) is 14.3. The number of methoxy groups -OCH3 is 1. The van der Waals surface area contributed by atoms with Crippen LogP contribution >= 0.6 is 11.8 Å². The van der Waals surface area contributed by atoms with Crippen molar-refractivity contribution in [2.45, 2.75) is 109 Å². The van der Waals surface area contributed by atoms with E-state index in [2.05, 4.69) is 17.0 Å². The molecule has 0 heterocycles. The van der Waals surface area contributed by atoms with Gasteiger partial charge in [0, 0.05) is 18.7 Å². The van der Waals surface area contributed by atoms with Crippen molar-refractivity contribution in [2.24, 2.45) is 0 Å². The highest BCUT2D eigenvalue weighted by atomic mass is 32.2. The number of alkyl carbamates (subject to hydrolysis) is 1. The number of carbonyl (C=O) groups is 1. The maximum Gasteiger partial charge on any atom is 0.407 e. The molecule has 1 amide bonds. The third-order valence-corrected chi connectivity index (χ3v) is 8.91. The summed E-state index contributed by atoms with van der Waals surface area (Å²) in [6, 6.07) is -0.290. The second kappa shape index (κ2) is 22.5. The molecule has 0 spiro atoms. The van der Waals surface area contributed by atoms with Crippen LogP contribution in [0.2, 0.25) is 0 Å². The van der Waals surface area contributed by atoms with Gasteiger partial charge in [0.05, 0.1) is 46.6 Å². The van der Waals surface area contributed by atoms with Gasteiger partial charge in [0.25, 0.3) is 0 Å². The second-order valence-corrected chi connectivity index (χ2v) is 14.1. The van der Waals surface area contributed by atoms with Crippen molar-refractivity contribution in [3.05, 3.63) is 0 Å². The van der Waals surface area contributed by atoms with Crippen LogP contribution < -0.4 is 10.0 Å². The smallest absolute Gasteiger partial charge is 0.407 e. The Kier molecular flexibility index (Phi) is 22.2. The summed E-state index contributed by atoms with van der Waals surface area (Å²) in [5, 5.41) is 2.76. The fraction of sp³-hybridized carbons (Fsp3) is 0.963. The van der Waals surface area contributed by atoms with Crippen molar-refractivity contribution < 1.29 is 22.4 Å². The number of ether oxygens (including phenoxy) is 1. The molecule has 0 aliphatic carbocycles. The Labute approximate surface area is 227 Å². The normalized spacial score (nSPS) is 13.0. The van der Waals surface area contributed by atoms with Crippen molar-refractivity contribution in [2.75, 3.05) is 58.6 Å². The third-order valence-electron chi connectivity index (χ3n) is 6.26. The van der Waals surface area contributed by atoms with Gasteiger partial charge in [-0.1, -0.05) is 90.4 Å². The van der Waals surface area contributed by atoms with Crippen molar-refractivity contribution in [1.82, 2.24) is 10.0 Å². The van der Waals surface area contributed by atoms with E-state index in [0.29, 0.717) is 12.2 Å². The van der Waals surface area contributed by atoms with E-state index in [1.54, 1.807) is 11.8 Å². The monoisotopic (exact) mass is 552 g/mol. The molecular formula is C27H58N3O4S2+. The molecule has 7 nitrogen and oxygen atoms in total. The number of carbonyl (C=O) groups excluding carboxylic acids is 1. The van der Waals surface area contributed by atoms with Gasteiger partial charge in [0.2, 0.25) is 10.0 Å². The first-order valence-corrected chi connectivity index (χ1v) is 17.1. The number of nitrogens with one attached hydrogen (secondary N) is 2. The Bertz CT molecular complexity index is 625. The maximum atomic E-state index is 12.3. The van der Waals surface area contributed by atoms with Gasteiger partial charge in [-0.05, 0) is 12.2 Å². The quantitative estimate of drug-likeness (QED) is 0.108. The number of unbranched alkanes of at least 4 members (excludes halogenated alkanes) is 13. The highest BCUT2D eigenvalue weighted by molar-refractivity contribution is 7.99. The molecule has 0 aromatic rings. The summed E-state index contributed by atoms with van der Waals surface area (Å²) in [6.07, 6.45) is 18.9. The number of amides is 1. The van der Waals surface area contributed by atoms with Crippen LogP contribution in [-0.4, -0.2) is 83.6 Å². The van der Waals surface area contributed by atoms with E-state index in [9.17, 15) is 13.2 Å². The molecule has 1 atom stereocenters. The summed E-state index contributed by atoms with van der Waals surface area (Å²) < 4.78 is 32.8. The lowest BCUT2D eigenvalue weighted by molar-refractivity contribution is -0.870. The van der Waals surface area contributed by atoms with Crippen LogP contribution in [0.5, 0.6) is 0 Å². The molecule has 0 bridgehead atoms. The lowest BCUT2D eigenvalue weighted by atomic mass is 10.0. The Morgan fingerprint density at radius 3 is 1.81 bits per heavy atom. The van der Waals surface area contributed by atoms with Crippen LogP contribution in [0.25, 0.3) is 0 Å². The Morgan fingerprint density at radius 2 is 1.33 bits per heavy atom. The van der Waals surface area contributed by atoms with Gasteiger partial charge in [-0.2, -0.15) is 11.8 Å². The summed E-state index contributed by atoms with van der Waals surface area (Å²) >= 11 is 1.76. The molecule has 216 valence electrons. The molecule has 0 aliphatic heterocycles. The average Bonchev–Trinajstić information content (AvgIpc) is 2.81. The summed E-state index contributed by atoms with van der Waals surface area (Å²) in [6.45, 7) is 3.25. The number of nitrogens with zero attached hydrogens (tertiary/aromatic N) is 1. The van der Waals surface area contributed by atoms with Crippen LogP contribution in [0.4, 0.5) is 4.79 Å². The first-order chi connectivity index (χ1) is 17.1. The number of thioether (sulfide) groups is 1. The van der Waals surface area contributed by atoms with Crippen molar-refractivity contribution >= 4 is 27.9 Å². The zero-order valence-electron chi connectivity index (χ0n) is 24.1. The fourth-order valence-corrected chi connectivity index (χ4v) is 6.20. The summed E-state index contributed by atoms with van der Waals surface area (Å²) in [7, 11) is 4.10. The molecule has 0 saturated heterocycles. The Morgan fingerprint density at radius 1 is 0.833 bits per heavy atom. The van der Waals surface area contributed by atoms with Crippen molar-refractivity contribution in [1.29, 1.82) is 0 Å². The fourth-order valence-electron chi connectivity index (χ4n) is 4.03. The minimum Gasteiger partial charge on any atom is -0.453 e. The van der Waals surface area contributed by atoms with E-state index in [1.165, 1.54) is 90.6 Å². The number of rotatable bonds is 25. The van der Waals surface area contributed by atoms with Gasteiger partial charge >= 0.3 is 6.09 Å². The van der Waals surface area contributed by atoms with Crippen LogP contribution in [-0.2, 0) is 14.8 Å². The molecule has 0 radical (unpaired) electrons. The maximum absolute atomic E-state index is 12.3. The predicted octanol–water partition coefficient (Wildman–Crippen LogP) is 5.94. The molecule has 1 unspecified atom stereocenters. The van der Waals surface area contributed by atoms with Gasteiger partial charge in [-0.15, -0.1) is 0 Å². The van der Waals surface area contributed by atoms with Crippen LogP contribution in [0.1, 0.15) is 103 Å². The standard InChI is InChI=1S/C27H57N3O4S2/c1-6-7-8-9-10-11-12-13-14-15-16-17-18-19-22-35-25-26(29-27(31)34-5)24-28-36(32,33)23-20-21-30(2,3)4/h26,28H,6-25H2,1-5H3/p+1. The molecule has 0 aromatic carbocycles. The van der Waals surface area contributed by atoms with E-state index in [-0.39, 0.29) is 18.3 Å². The zero-order valence-corrected chi connectivity index (χ0v) is 25.7. The molecular weight excluding hydrogens is 494 g/mol. The van der Waals surface area contributed by atoms with E-state index >= 15 is 0 Å². The van der Waals surface area contributed by atoms with Crippen LogP contribution in [0.15, 0.2) is 0 Å². The number of hydrogen-bond donors (Lipinski definition) is 2. The largest absolute Gasteiger partial charge is 0.453 e. The first kappa shape index (κ1) is 35.5. The van der Waals surface area contributed by atoms with E-state index in [4.69, 9.17) is 4.74 Å². The van der Waals surface area contributed by atoms with E-state index in [1.807, 2.05) is 21.1 Å². The average molecular weight is 553 g/mol. The SMILES string of the molecule is CCCCCCCCCCCCCCCCSCC(CNS(=O)(=O)CCC[N+](C)(C)C)NC(=O)OC. The lowest BCUT2D eigenvalue weighted by Gasteiger charge is -2.23. The Hall–Kier alpha value is -0.510. The second-order valence-electron chi connectivity index (χ2n) is 11.0.